The van der Waals surface area contributed by atoms with Crippen LogP contribution in [0.15, 0.2) is 60.8 Å². The fourth-order valence-corrected chi connectivity index (χ4v) is 2.88. The van der Waals surface area contributed by atoms with Crippen molar-refractivity contribution in [2.45, 2.75) is 6.18 Å². The lowest BCUT2D eigenvalue weighted by atomic mass is 10.2. The molecule has 0 atom stereocenters. The first-order valence-corrected chi connectivity index (χ1v) is 9.79. The van der Waals surface area contributed by atoms with Gasteiger partial charge in [-0.05, 0) is 42.5 Å². The summed E-state index contributed by atoms with van der Waals surface area (Å²) in [6.45, 7) is -0.619. The van der Waals surface area contributed by atoms with Gasteiger partial charge in [0.15, 0.2) is 6.61 Å². The molecular formula is C23H20F3N3O5. The third kappa shape index (κ3) is 6.15. The second-order valence-electron chi connectivity index (χ2n) is 6.79. The molecule has 11 heteroatoms. The molecule has 0 bridgehead atoms. The van der Waals surface area contributed by atoms with Crippen molar-refractivity contribution < 1.29 is 37.0 Å². The SMILES string of the molecule is COc1ccc(NC(=O)COC(=O)c2cccnc2Nc2cccc(C(F)(F)F)c2)c(OC)c1. The van der Waals surface area contributed by atoms with E-state index in [0.29, 0.717) is 17.2 Å². The molecule has 3 rings (SSSR count). The van der Waals surface area contributed by atoms with Gasteiger partial charge in [-0.15, -0.1) is 0 Å². The van der Waals surface area contributed by atoms with Crippen LogP contribution in [0.3, 0.4) is 0 Å². The number of hydrogen-bond donors (Lipinski definition) is 2. The van der Waals surface area contributed by atoms with Crippen LogP contribution in [0.1, 0.15) is 15.9 Å². The summed E-state index contributed by atoms with van der Waals surface area (Å²) in [7, 11) is 2.91. The van der Waals surface area contributed by atoms with Gasteiger partial charge in [0, 0.05) is 18.0 Å². The predicted molar refractivity (Wildman–Crippen MR) is 117 cm³/mol. The number of nitrogens with one attached hydrogen (secondary N) is 2. The molecule has 0 aliphatic carbocycles. The van der Waals surface area contributed by atoms with Crippen LogP contribution in [-0.2, 0) is 15.7 Å². The van der Waals surface area contributed by atoms with Crippen molar-refractivity contribution in [3.8, 4) is 11.5 Å². The molecule has 178 valence electrons. The Kier molecular flexibility index (Phi) is 7.57. The monoisotopic (exact) mass is 475 g/mol. The lowest BCUT2D eigenvalue weighted by molar-refractivity contribution is -0.137. The number of alkyl halides is 3. The Bertz CT molecular complexity index is 1180. The summed E-state index contributed by atoms with van der Waals surface area (Å²) in [5, 5.41) is 5.24. The van der Waals surface area contributed by atoms with E-state index in [9.17, 15) is 22.8 Å². The number of esters is 1. The number of carbonyl (C=O) groups excluding carboxylic acids is 2. The van der Waals surface area contributed by atoms with Crippen molar-refractivity contribution in [2.75, 3.05) is 31.5 Å². The van der Waals surface area contributed by atoms with Gasteiger partial charge in [-0.3, -0.25) is 4.79 Å². The maximum absolute atomic E-state index is 13.0. The van der Waals surface area contributed by atoms with E-state index in [1.54, 1.807) is 18.2 Å². The Labute approximate surface area is 192 Å². The molecule has 0 fully saturated rings. The number of amides is 1. The Morgan fingerprint density at radius 1 is 1.00 bits per heavy atom. The van der Waals surface area contributed by atoms with Gasteiger partial charge in [-0.1, -0.05) is 6.07 Å². The molecule has 0 radical (unpaired) electrons. The largest absolute Gasteiger partial charge is 0.497 e. The van der Waals surface area contributed by atoms with Crippen molar-refractivity contribution in [3.63, 3.8) is 0 Å². The highest BCUT2D eigenvalue weighted by atomic mass is 19.4. The molecule has 8 nitrogen and oxygen atoms in total. The van der Waals surface area contributed by atoms with Gasteiger partial charge in [0.1, 0.15) is 22.9 Å². The van der Waals surface area contributed by atoms with Crippen LogP contribution in [0.5, 0.6) is 11.5 Å². The van der Waals surface area contributed by atoms with Crippen LogP contribution >= 0.6 is 0 Å². The smallest absolute Gasteiger partial charge is 0.416 e. The Morgan fingerprint density at radius 3 is 2.50 bits per heavy atom. The predicted octanol–water partition coefficient (Wildman–Crippen LogP) is 4.66. The number of carbonyl (C=O) groups is 2. The van der Waals surface area contributed by atoms with Crippen molar-refractivity contribution in [3.05, 3.63) is 71.9 Å². The molecule has 1 heterocycles. The molecule has 3 aromatic rings. The zero-order valence-electron chi connectivity index (χ0n) is 18.1. The van der Waals surface area contributed by atoms with Gasteiger partial charge in [0.2, 0.25) is 0 Å². The normalized spacial score (nSPS) is 10.9. The zero-order chi connectivity index (χ0) is 24.7. The average Bonchev–Trinajstić information content (AvgIpc) is 2.82. The number of pyridine rings is 1. The van der Waals surface area contributed by atoms with Gasteiger partial charge in [-0.25, -0.2) is 9.78 Å². The number of nitrogens with zero attached hydrogens (tertiary/aromatic N) is 1. The number of hydrogen-bond acceptors (Lipinski definition) is 7. The molecule has 0 unspecified atom stereocenters. The van der Waals surface area contributed by atoms with Gasteiger partial charge in [0.05, 0.1) is 25.5 Å². The highest BCUT2D eigenvalue weighted by Crippen LogP contribution is 2.32. The van der Waals surface area contributed by atoms with Crippen LogP contribution in [0.25, 0.3) is 0 Å². The first-order chi connectivity index (χ1) is 16.2. The lowest BCUT2D eigenvalue weighted by Crippen LogP contribution is -2.21. The molecule has 2 aromatic carbocycles. The van der Waals surface area contributed by atoms with E-state index >= 15 is 0 Å². The molecule has 34 heavy (non-hydrogen) atoms. The van der Waals surface area contributed by atoms with Crippen molar-refractivity contribution >= 4 is 29.1 Å². The van der Waals surface area contributed by atoms with Gasteiger partial charge in [0.25, 0.3) is 5.91 Å². The number of benzene rings is 2. The van der Waals surface area contributed by atoms with Crippen molar-refractivity contribution in [2.24, 2.45) is 0 Å². The van der Waals surface area contributed by atoms with Crippen LogP contribution in [0.4, 0.5) is 30.4 Å². The zero-order valence-corrected chi connectivity index (χ0v) is 18.1. The molecule has 0 saturated heterocycles. The second-order valence-corrected chi connectivity index (χ2v) is 6.79. The van der Waals surface area contributed by atoms with E-state index in [2.05, 4.69) is 15.6 Å². The lowest BCUT2D eigenvalue weighted by Gasteiger charge is -2.13. The number of halogens is 3. The van der Waals surface area contributed by atoms with E-state index in [1.165, 1.54) is 44.7 Å². The maximum atomic E-state index is 13.0. The fraction of sp³-hybridized carbons (Fsp3) is 0.174. The standard InChI is InChI=1S/C23H20F3N3O5/c1-32-16-8-9-18(19(12-16)33-2)29-20(30)13-34-22(31)17-7-4-10-27-21(17)28-15-6-3-5-14(11-15)23(24,25)26/h3-12H,13H2,1-2H3,(H,27,28)(H,29,30). The fourth-order valence-electron chi connectivity index (χ4n) is 2.88. The van der Waals surface area contributed by atoms with Crippen LogP contribution < -0.4 is 20.1 Å². The molecule has 0 saturated carbocycles. The van der Waals surface area contributed by atoms with Gasteiger partial charge < -0.3 is 24.8 Å². The van der Waals surface area contributed by atoms with Crippen LogP contribution in [0.2, 0.25) is 0 Å². The number of ether oxygens (including phenoxy) is 3. The minimum atomic E-state index is -4.52. The van der Waals surface area contributed by atoms with Gasteiger partial charge >= 0.3 is 12.1 Å². The molecule has 2 N–H and O–H groups in total. The van der Waals surface area contributed by atoms with Gasteiger partial charge in [-0.2, -0.15) is 13.2 Å². The highest BCUT2D eigenvalue weighted by molar-refractivity contribution is 5.98. The van der Waals surface area contributed by atoms with Crippen molar-refractivity contribution in [1.82, 2.24) is 4.98 Å². The van der Waals surface area contributed by atoms with Crippen LogP contribution in [0, 0.1) is 0 Å². The van der Waals surface area contributed by atoms with E-state index in [0.717, 1.165) is 12.1 Å². The third-order valence-electron chi connectivity index (χ3n) is 4.50. The quantitative estimate of drug-likeness (QED) is 0.458. The number of rotatable bonds is 8. The third-order valence-corrected chi connectivity index (χ3v) is 4.50. The Balaban J connectivity index is 1.67. The Hall–Kier alpha value is -4.28. The summed E-state index contributed by atoms with van der Waals surface area (Å²) in [6, 6.07) is 12.0. The summed E-state index contributed by atoms with van der Waals surface area (Å²) in [5.41, 5.74) is -0.498. The van der Waals surface area contributed by atoms with E-state index in [1.807, 2.05) is 0 Å². The summed E-state index contributed by atoms with van der Waals surface area (Å²) in [6.07, 6.45) is -3.17. The van der Waals surface area contributed by atoms with E-state index in [-0.39, 0.29) is 17.1 Å². The molecule has 0 aliphatic rings. The first-order valence-electron chi connectivity index (χ1n) is 9.79. The van der Waals surface area contributed by atoms with Crippen molar-refractivity contribution in [1.29, 1.82) is 0 Å². The van der Waals surface area contributed by atoms with Crippen LogP contribution in [-0.4, -0.2) is 37.7 Å². The summed E-state index contributed by atoms with van der Waals surface area (Å²) in [4.78, 5) is 28.8. The highest BCUT2D eigenvalue weighted by Gasteiger charge is 2.30. The average molecular weight is 475 g/mol. The maximum Gasteiger partial charge on any atom is 0.416 e. The second kappa shape index (κ2) is 10.6. The van der Waals surface area contributed by atoms with E-state index in [4.69, 9.17) is 14.2 Å². The first kappa shape index (κ1) is 24.4. The summed E-state index contributed by atoms with van der Waals surface area (Å²) in [5.74, 6) is -0.672. The summed E-state index contributed by atoms with van der Waals surface area (Å²) >= 11 is 0. The Morgan fingerprint density at radius 2 is 1.79 bits per heavy atom. The molecule has 1 amide bonds. The minimum absolute atomic E-state index is 0.0240. The molecule has 0 spiro atoms. The molecule has 0 aliphatic heterocycles. The topological polar surface area (TPSA) is 98.8 Å². The minimum Gasteiger partial charge on any atom is -0.497 e. The number of methoxy groups -OCH3 is 2. The van der Waals surface area contributed by atoms with E-state index < -0.39 is 30.2 Å². The molecule has 1 aromatic heterocycles. The summed E-state index contributed by atoms with van der Waals surface area (Å²) < 4.78 is 54.2. The number of aromatic nitrogens is 1. The number of anilines is 3. The molecular weight excluding hydrogens is 455 g/mol.